The number of anilines is 1. The van der Waals surface area contributed by atoms with Gasteiger partial charge in [0.25, 0.3) is 0 Å². The van der Waals surface area contributed by atoms with Gasteiger partial charge in [-0.05, 0) is 0 Å². The highest BCUT2D eigenvalue weighted by atomic mass is 16.1. The van der Waals surface area contributed by atoms with Crippen molar-refractivity contribution in [2.75, 3.05) is 11.9 Å². The Morgan fingerprint density at radius 1 is 1.38 bits per heavy atom. The summed E-state index contributed by atoms with van der Waals surface area (Å²) in [5, 5.41) is 2.83. The number of nitrogens with one attached hydrogen (secondary N) is 2. The van der Waals surface area contributed by atoms with Crippen LogP contribution in [-0.2, 0) is 4.79 Å². The maximum atomic E-state index is 10.1. The second kappa shape index (κ2) is 5.70. The highest BCUT2D eigenvalue weighted by Gasteiger charge is 1.83. The second-order valence-electron chi connectivity index (χ2n) is 2.15. The van der Waals surface area contributed by atoms with Crippen LogP contribution in [0.25, 0.3) is 0 Å². The number of rotatable bonds is 3. The average Bonchev–Trinajstić information content (AvgIpc) is 2.28. The smallest absolute Gasteiger partial charge is 0.139 e. The van der Waals surface area contributed by atoms with Crippen molar-refractivity contribution in [3.63, 3.8) is 0 Å². The molecule has 68 valence electrons. The number of nitrogens with zero attached hydrogens (tertiary/aromatic N) is 2. The lowest BCUT2D eigenvalue weighted by molar-refractivity contribution is -0.106. The van der Waals surface area contributed by atoms with E-state index in [1.54, 1.807) is 31.0 Å². The molecule has 13 heavy (non-hydrogen) atoms. The summed E-state index contributed by atoms with van der Waals surface area (Å²) >= 11 is 0. The van der Waals surface area contributed by atoms with Crippen LogP contribution < -0.4 is 5.32 Å². The Hall–Kier alpha value is -1.91. The number of carbonyl (C=O) groups excluding carboxylic acids is 1. The normalized spacial score (nSPS) is 8.62. The van der Waals surface area contributed by atoms with Gasteiger partial charge in [0.1, 0.15) is 12.1 Å². The molecule has 0 amide bonds. The number of aromatic amines is 1. The van der Waals surface area contributed by atoms with Gasteiger partial charge in [0, 0.05) is 24.8 Å². The molecule has 0 bridgehead atoms. The van der Waals surface area contributed by atoms with Gasteiger partial charge in [-0.2, -0.15) is 0 Å². The van der Waals surface area contributed by atoms with E-state index in [1.807, 2.05) is 0 Å². The van der Waals surface area contributed by atoms with Gasteiger partial charge in [-0.25, -0.2) is 0 Å². The van der Waals surface area contributed by atoms with Crippen LogP contribution in [0.5, 0.6) is 0 Å². The Morgan fingerprint density at radius 3 is 3.08 bits per heavy atom. The molecule has 1 aromatic rings. The van der Waals surface area contributed by atoms with E-state index < -0.39 is 0 Å². The van der Waals surface area contributed by atoms with E-state index in [0.29, 0.717) is 5.82 Å². The fourth-order valence-electron chi connectivity index (χ4n) is 0.700. The van der Waals surface area contributed by atoms with E-state index in [-0.39, 0.29) is 6.54 Å². The van der Waals surface area contributed by atoms with Gasteiger partial charge in [0.2, 0.25) is 0 Å². The van der Waals surface area contributed by atoms with Crippen molar-refractivity contribution in [3.8, 4) is 0 Å². The minimum atomic E-state index is 0.253. The quantitative estimate of drug-likeness (QED) is 0.663. The third-order valence-corrected chi connectivity index (χ3v) is 1.22. The molecule has 1 rings (SSSR count). The SMILES string of the molecule is O=CCNc1cnccncc[nH]1. The molecule has 0 saturated heterocycles. The molecule has 1 heterocycles. The van der Waals surface area contributed by atoms with Crippen LogP contribution in [0.1, 0.15) is 0 Å². The Balaban J connectivity index is 2.84. The monoisotopic (exact) mass is 178 g/mol. The van der Waals surface area contributed by atoms with Crippen LogP contribution in [-0.4, -0.2) is 27.8 Å². The summed E-state index contributed by atoms with van der Waals surface area (Å²) in [5.74, 6) is 0.658. The Labute approximate surface area is 75.6 Å². The molecule has 5 heteroatoms. The Kier molecular flexibility index (Phi) is 4.03. The van der Waals surface area contributed by atoms with Crippen molar-refractivity contribution in [3.05, 3.63) is 31.0 Å². The summed E-state index contributed by atoms with van der Waals surface area (Å²) in [6.07, 6.45) is 8.71. The minimum absolute atomic E-state index is 0.253. The van der Waals surface area contributed by atoms with Crippen molar-refractivity contribution in [2.24, 2.45) is 0 Å². The van der Waals surface area contributed by atoms with E-state index >= 15 is 0 Å². The number of H-pyrrole nitrogens is 1. The lowest BCUT2D eigenvalue weighted by atomic mass is 10.6. The van der Waals surface area contributed by atoms with Crippen LogP contribution in [0.2, 0.25) is 0 Å². The zero-order chi connectivity index (χ0) is 9.36. The molecule has 0 aromatic carbocycles. The minimum Gasteiger partial charge on any atom is -0.364 e. The van der Waals surface area contributed by atoms with Gasteiger partial charge in [0.15, 0.2) is 0 Å². The predicted molar refractivity (Wildman–Crippen MR) is 48.6 cm³/mol. The van der Waals surface area contributed by atoms with Crippen LogP contribution in [0, 0.1) is 0 Å². The van der Waals surface area contributed by atoms with Crippen LogP contribution in [0.15, 0.2) is 31.0 Å². The van der Waals surface area contributed by atoms with E-state index in [9.17, 15) is 4.79 Å². The first-order valence-electron chi connectivity index (χ1n) is 3.77. The summed E-state index contributed by atoms with van der Waals surface area (Å²) in [7, 11) is 0. The zero-order valence-electron chi connectivity index (χ0n) is 6.97. The van der Waals surface area contributed by atoms with Crippen LogP contribution in [0.3, 0.4) is 0 Å². The largest absolute Gasteiger partial charge is 0.364 e. The third-order valence-electron chi connectivity index (χ3n) is 1.22. The zero-order valence-corrected chi connectivity index (χ0v) is 6.97. The molecule has 0 aliphatic rings. The topological polar surface area (TPSA) is 70.7 Å². The van der Waals surface area contributed by atoms with E-state index in [0.717, 1.165) is 6.29 Å². The Morgan fingerprint density at radius 2 is 2.23 bits per heavy atom. The van der Waals surface area contributed by atoms with Gasteiger partial charge >= 0.3 is 0 Å². The highest BCUT2D eigenvalue weighted by molar-refractivity contribution is 5.57. The number of aldehydes is 1. The third kappa shape index (κ3) is 3.85. The standard InChI is InChI=1S/C8H10N4O/c13-6-5-12-8-7-10-2-1-9-3-4-11-8/h1-4,6-7,11-12H,5H2. The molecular formula is C8H10N4O. The van der Waals surface area contributed by atoms with Gasteiger partial charge in [-0.3, -0.25) is 9.97 Å². The van der Waals surface area contributed by atoms with Crippen molar-refractivity contribution < 1.29 is 4.79 Å². The molecule has 0 aliphatic heterocycles. The molecule has 0 spiro atoms. The summed E-state index contributed by atoms with van der Waals surface area (Å²) in [6, 6.07) is 0. The van der Waals surface area contributed by atoms with Crippen molar-refractivity contribution >= 4 is 12.1 Å². The van der Waals surface area contributed by atoms with Gasteiger partial charge < -0.3 is 15.1 Å². The fraction of sp³-hybridized carbons (Fsp3) is 0.125. The number of hydrogen-bond donors (Lipinski definition) is 2. The summed E-state index contributed by atoms with van der Waals surface area (Å²) in [5.41, 5.74) is 0. The summed E-state index contributed by atoms with van der Waals surface area (Å²) in [6.45, 7) is 0.253. The van der Waals surface area contributed by atoms with Gasteiger partial charge in [-0.15, -0.1) is 0 Å². The van der Waals surface area contributed by atoms with Crippen molar-refractivity contribution in [2.45, 2.75) is 0 Å². The molecule has 0 aliphatic carbocycles. The van der Waals surface area contributed by atoms with Crippen molar-refractivity contribution in [1.29, 1.82) is 0 Å². The molecule has 0 fully saturated rings. The second-order valence-corrected chi connectivity index (χ2v) is 2.15. The fourth-order valence-corrected chi connectivity index (χ4v) is 0.700. The van der Waals surface area contributed by atoms with E-state index in [2.05, 4.69) is 20.3 Å². The number of carbonyl (C=O) groups is 1. The first kappa shape index (κ1) is 9.18. The first-order chi connectivity index (χ1) is 6.43. The molecule has 0 atom stereocenters. The molecule has 0 saturated carbocycles. The maximum Gasteiger partial charge on any atom is 0.139 e. The summed E-state index contributed by atoms with van der Waals surface area (Å²) < 4.78 is 0. The van der Waals surface area contributed by atoms with Gasteiger partial charge in [0.05, 0.1) is 12.7 Å². The summed E-state index contributed by atoms with van der Waals surface area (Å²) in [4.78, 5) is 20.7. The molecule has 5 nitrogen and oxygen atoms in total. The number of hydrogen-bond acceptors (Lipinski definition) is 4. The number of aromatic nitrogens is 3. The maximum absolute atomic E-state index is 10.1. The lowest BCUT2D eigenvalue weighted by Gasteiger charge is -1.96. The predicted octanol–water partition coefficient (Wildman–Crippen LogP) is 0.540. The van der Waals surface area contributed by atoms with E-state index in [1.165, 1.54) is 0 Å². The van der Waals surface area contributed by atoms with Crippen LogP contribution >= 0.6 is 0 Å². The Bertz CT molecular complexity index is 285. The molecule has 1 aromatic heterocycles. The lowest BCUT2D eigenvalue weighted by Crippen LogP contribution is -2.02. The molecule has 0 radical (unpaired) electrons. The van der Waals surface area contributed by atoms with E-state index in [4.69, 9.17) is 0 Å². The molecule has 0 unspecified atom stereocenters. The molecular weight excluding hydrogens is 168 g/mol. The first-order valence-corrected chi connectivity index (χ1v) is 3.77. The average molecular weight is 178 g/mol. The van der Waals surface area contributed by atoms with Gasteiger partial charge in [-0.1, -0.05) is 0 Å². The molecule has 2 N–H and O–H groups in total. The van der Waals surface area contributed by atoms with Crippen molar-refractivity contribution in [1.82, 2.24) is 15.0 Å². The van der Waals surface area contributed by atoms with Crippen LogP contribution in [0.4, 0.5) is 5.82 Å². The highest BCUT2D eigenvalue weighted by Crippen LogP contribution is 1.92.